The van der Waals surface area contributed by atoms with Crippen molar-refractivity contribution in [3.63, 3.8) is 0 Å². The smallest absolute Gasteiger partial charge is 0.370 e. The summed E-state index contributed by atoms with van der Waals surface area (Å²) in [6.45, 7) is 5.68. The van der Waals surface area contributed by atoms with Crippen LogP contribution in [0.3, 0.4) is 0 Å². The summed E-state index contributed by atoms with van der Waals surface area (Å²) in [5, 5.41) is 3.16. The molecule has 0 aromatic heterocycles. The first kappa shape index (κ1) is 18.0. The van der Waals surface area contributed by atoms with E-state index in [1.54, 1.807) is 0 Å². The SMILES string of the molecule is CCNC(COCC(F)(F)F)c1ccc(C(C)CC)cc1. The number of ether oxygens (including phenoxy) is 1. The number of likely N-dealkylation sites (N-methyl/N-ethyl adjacent to an activating group) is 1. The van der Waals surface area contributed by atoms with Gasteiger partial charge in [-0.2, -0.15) is 13.2 Å². The molecule has 0 saturated carbocycles. The molecule has 5 heteroatoms. The summed E-state index contributed by atoms with van der Waals surface area (Å²) in [6.07, 6.45) is -3.22. The third-order valence-electron chi connectivity index (χ3n) is 3.52. The highest BCUT2D eigenvalue weighted by Gasteiger charge is 2.28. The van der Waals surface area contributed by atoms with Gasteiger partial charge in [0, 0.05) is 0 Å². The van der Waals surface area contributed by atoms with Crippen LogP contribution in [0.4, 0.5) is 13.2 Å². The van der Waals surface area contributed by atoms with Crippen molar-refractivity contribution in [2.75, 3.05) is 19.8 Å². The molecule has 2 unspecified atom stereocenters. The van der Waals surface area contributed by atoms with E-state index < -0.39 is 12.8 Å². The molecule has 0 aliphatic carbocycles. The fraction of sp³-hybridized carbons (Fsp3) is 0.625. The predicted octanol–water partition coefficient (Wildman–Crippen LogP) is 4.43. The van der Waals surface area contributed by atoms with E-state index in [0.717, 1.165) is 12.0 Å². The lowest BCUT2D eigenvalue weighted by molar-refractivity contribution is -0.175. The molecule has 0 amide bonds. The molecule has 1 rings (SSSR count). The Bertz CT molecular complexity index is 403. The fourth-order valence-corrected chi connectivity index (χ4v) is 2.10. The van der Waals surface area contributed by atoms with E-state index in [1.165, 1.54) is 5.56 Å². The van der Waals surface area contributed by atoms with Crippen LogP contribution in [0.15, 0.2) is 24.3 Å². The van der Waals surface area contributed by atoms with E-state index in [-0.39, 0.29) is 12.6 Å². The highest BCUT2D eigenvalue weighted by molar-refractivity contribution is 5.27. The van der Waals surface area contributed by atoms with Gasteiger partial charge in [-0.25, -0.2) is 0 Å². The standard InChI is InChI=1S/C16H24F3NO/c1-4-12(3)13-6-8-14(9-7-13)15(20-5-2)10-21-11-16(17,18)19/h6-9,12,15,20H,4-5,10-11H2,1-3H3. The third kappa shape index (κ3) is 6.48. The number of halogens is 3. The van der Waals surface area contributed by atoms with E-state index in [4.69, 9.17) is 4.74 Å². The molecule has 21 heavy (non-hydrogen) atoms. The molecule has 0 fully saturated rings. The Morgan fingerprint density at radius 2 is 1.67 bits per heavy atom. The Morgan fingerprint density at radius 3 is 2.14 bits per heavy atom. The maximum Gasteiger partial charge on any atom is 0.411 e. The van der Waals surface area contributed by atoms with Crippen LogP contribution in [0.1, 0.15) is 50.3 Å². The summed E-state index contributed by atoms with van der Waals surface area (Å²) < 4.78 is 41.2. The Hall–Kier alpha value is -1.07. The van der Waals surface area contributed by atoms with Gasteiger partial charge in [0.05, 0.1) is 12.6 Å². The zero-order valence-electron chi connectivity index (χ0n) is 12.8. The van der Waals surface area contributed by atoms with Gasteiger partial charge in [-0.05, 0) is 30.0 Å². The van der Waals surface area contributed by atoms with Crippen molar-refractivity contribution in [2.24, 2.45) is 0 Å². The largest absolute Gasteiger partial charge is 0.411 e. The normalized spacial score (nSPS) is 15.0. The number of rotatable bonds is 8. The Kier molecular flexibility index (Phi) is 7.18. The van der Waals surface area contributed by atoms with E-state index in [2.05, 4.69) is 19.2 Å². The van der Waals surface area contributed by atoms with Crippen LogP contribution >= 0.6 is 0 Å². The first-order valence-corrected chi connectivity index (χ1v) is 7.35. The van der Waals surface area contributed by atoms with Gasteiger partial charge in [0.1, 0.15) is 6.61 Å². The first-order chi connectivity index (χ1) is 9.87. The molecular formula is C16H24F3NO. The van der Waals surface area contributed by atoms with Crippen LogP contribution in [-0.4, -0.2) is 25.9 Å². The fourth-order valence-electron chi connectivity index (χ4n) is 2.10. The molecule has 1 aromatic rings. The van der Waals surface area contributed by atoms with Gasteiger partial charge < -0.3 is 10.1 Å². The van der Waals surface area contributed by atoms with Crippen molar-refractivity contribution in [2.45, 2.75) is 45.3 Å². The van der Waals surface area contributed by atoms with Crippen molar-refractivity contribution in [3.8, 4) is 0 Å². The molecular weight excluding hydrogens is 279 g/mol. The first-order valence-electron chi connectivity index (χ1n) is 7.35. The molecule has 0 saturated heterocycles. The zero-order chi connectivity index (χ0) is 15.9. The maximum absolute atomic E-state index is 12.1. The summed E-state index contributed by atoms with van der Waals surface area (Å²) in [4.78, 5) is 0. The van der Waals surface area contributed by atoms with Crippen LogP contribution in [0, 0.1) is 0 Å². The van der Waals surface area contributed by atoms with Crippen molar-refractivity contribution < 1.29 is 17.9 Å². The highest BCUT2D eigenvalue weighted by atomic mass is 19.4. The van der Waals surface area contributed by atoms with Gasteiger partial charge in [-0.1, -0.05) is 45.0 Å². The average molecular weight is 303 g/mol. The number of benzene rings is 1. The van der Waals surface area contributed by atoms with Crippen molar-refractivity contribution in [1.82, 2.24) is 5.32 Å². The molecule has 0 spiro atoms. The van der Waals surface area contributed by atoms with Gasteiger partial charge >= 0.3 is 6.18 Å². The number of alkyl halides is 3. The van der Waals surface area contributed by atoms with E-state index in [0.29, 0.717) is 12.5 Å². The average Bonchev–Trinajstić information content (AvgIpc) is 2.44. The lowest BCUT2D eigenvalue weighted by Crippen LogP contribution is -2.28. The molecule has 120 valence electrons. The molecule has 1 aromatic carbocycles. The van der Waals surface area contributed by atoms with Gasteiger partial charge in [-0.3, -0.25) is 0 Å². The minimum Gasteiger partial charge on any atom is -0.370 e. The molecule has 1 N–H and O–H groups in total. The Labute approximate surface area is 124 Å². The highest BCUT2D eigenvalue weighted by Crippen LogP contribution is 2.22. The molecule has 2 nitrogen and oxygen atoms in total. The van der Waals surface area contributed by atoms with Gasteiger partial charge in [-0.15, -0.1) is 0 Å². The minimum atomic E-state index is -4.28. The van der Waals surface area contributed by atoms with Gasteiger partial charge in [0.25, 0.3) is 0 Å². The molecule has 0 aliphatic rings. The van der Waals surface area contributed by atoms with Gasteiger partial charge in [0.15, 0.2) is 0 Å². The molecule has 0 aliphatic heterocycles. The molecule has 0 radical (unpaired) electrons. The second-order valence-electron chi connectivity index (χ2n) is 5.22. The van der Waals surface area contributed by atoms with E-state index >= 15 is 0 Å². The monoisotopic (exact) mass is 303 g/mol. The van der Waals surface area contributed by atoms with Crippen LogP contribution in [0.5, 0.6) is 0 Å². The van der Waals surface area contributed by atoms with E-state index in [9.17, 15) is 13.2 Å². The van der Waals surface area contributed by atoms with Gasteiger partial charge in [0.2, 0.25) is 0 Å². The van der Waals surface area contributed by atoms with Crippen LogP contribution < -0.4 is 5.32 Å². The Balaban J connectivity index is 2.67. The predicted molar refractivity (Wildman–Crippen MR) is 78.4 cm³/mol. The quantitative estimate of drug-likeness (QED) is 0.767. The lowest BCUT2D eigenvalue weighted by atomic mass is 9.96. The van der Waals surface area contributed by atoms with Crippen molar-refractivity contribution in [3.05, 3.63) is 35.4 Å². The molecule has 0 bridgehead atoms. The zero-order valence-corrected chi connectivity index (χ0v) is 12.8. The number of nitrogens with one attached hydrogen (secondary N) is 1. The van der Waals surface area contributed by atoms with Crippen LogP contribution in [0.2, 0.25) is 0 Å². The van der Waals surface area contributed by atoms with E-state index in [1.807, 2.05) is 31.2 Å². The Morgan fingerprint density at radius 1 is 1.10 bits per heavy atom. The molecule has 0 heterocycles. The summed E-state index contributed by atoms with van der Waals surface area (Å²) in [5.74, 6) is 0.484. The second kappa shape index (κ2) is 8.39. The van der Waals surface area contributed by atoms with Crippen molar-refractivity contribution >= 4 is 0 Å². The minimum absolute atomic E-state index is 0.00995. The molecule has 2 atom stereocenters. The third-order valence-corrected chi connectivity index (χ3v) is 3.52. The summed E-state index contributed by atoms with van der Waals surface area (Å²) in [5.41, 5.74) is 2.19. The van der Waals surface area contributed by atoms with Crippen molar-refractivity contribution in [1.29, 1.82) is 0 Å². The van der Waals surface area contributed by atoms with Crippen LogP contribution in [0.25, 0.3) is 0 Å². The maximum atomic E-state index is 12.1. The number of hydrogen-bond acceptors (Lipinski definition) is 2. The van der Waals surface area contributed by atoms with Crippen LogP contribution in [-0.2, 0) is 4.74 Å². The summed E-state index contributed by atoms with van der Waals surface area (Å²) in [7, 11) is 0. The summed E-state index contributed by atoms with van der Waals surface area (Å²) in [6, 6.07) is 7.79. The lowest BCUT2D eigenvalue weighted by Gasteiger charge is -2.20. The second-order valence-corrected chi connectivity index (χ2v) is 5.22. The number of hydrogen-bond donors (Lipinski definition) is 1. The summed E-state index contributed by atoms with van der Waals surface area (Å²) >= 11 is 0. The topological polar surface area (TPSA) is 21.3 Å².